The van der Waals surface area contributed by atoms with E-state index in [9.17, 15) is 14.7 Å². The lowest BCUT2D eigenvalue weighted by Gasteiger charge is -2.27. The van der Waals surface area contributed by atoms with E-state index in [0.717, 1.165) is 30.3 Å². The van der Waals surface area contributed by atoms with E-state index >= 15 is 0 Å². The number of hydrogen-bond acceptors (Lipinski definition) is 3. The summed E-state index contributed by atoms with van der Waals surface area (Å²) in [6.45, 7) is 0.497. The Morgan fingerprint density at radius 3 is 2.95 bits per heavy atom. The number of nitrogens with one attached hydrogen (secondary N) is 1. The Kier molecular flexibility index (Phi) is 3.60. The van der Waals surface area contributed by atoms with Gasteiger partial charge in [0.2, 0.25) is 0 Å². The van der Waals surface area contributed by atoms with Crippen molar-refractivity contribution < 1.29 is 14.7 Å². The molecule has 6 heteroatoms. The Hall–Kier alpha value is -2.37. The van der Waals surface area contributed by atoms with Gasteiger partial charge in [0.1, 0.15) is 6.04 Å². The summed E-state index contributed by atoms with van der Waals surface area (Å²) in [7, 11) is 0. The van der Waals surface area contributed by atoms with Crippen LogP contribution in [-0.4, -0.2) is 44.4 Å². The largest absolute Gasteiger partial charge is 0.480 e. The quantitative estimate of drug-likeness (QED) is 0.885. The molecule has 1 aromatic heterocycles. The summed E-state index contributed by atoms with van der Waals surface area (Å²) >= 11 is 0. The number of imidazole rings is 1. The Labute approximate surface area is 121 Å². The molecule has 2 N–H and O–H groups in total. The summed E-state index contributed by atoms with van der Waals surface area (Å²) in [4.78, 5) is 32.6. The fraction of sp³-hybridized carbons (Fsp3) is 0.400. The van der Waals surface area contributed by atoms with Crippen molar-refractivity contribution in [3.05, 3.63) is 30.1 Å². The minimum Gasteiger partial charge on any atom is -0.480 e. The fourth-order valence-electron chi connectivity index (χ4n) is 2.84. The van der Waals surface area contributed by atoms with Crippen LogP contribution in [0.3, 0.4) is 0 Å². The number of carbonyl (C=O) groups is 2. The molecule has 2 aromatic rings. The second kappa shape index (κ2) is 5.55. The molecular weight excluding hydrogens is 270 g/mol. The smallest absolute Gasteiger partial charge is 0.326 e. The van der Waals surface area contributed by atoms with Crippen LogP contribution in [0.15, 0.2) is 24.5 Å². The lowest BCUT2D eigenvalue weighted by atomic mass is 10.1. The van der Waals surface area contributed by atoms with Gasteiger partial charge in [0.05, 0.1) is 17.4 Å². The van der Waals surface area contributed by atoms with Crippen LogP contribution in [0.4, 0.5) is 0 Å². The number of nitrogens with zero attached hydrogens (tertiary/aromatic N) is 2. The number of hydrogen-bond donors (Lipinski definition) is 2. The maximum atomic E-state index is 12.7. The molecule has 0 bridgehead atoms. The zero-order valence-corrected chi connectivity index (χ0v) is 11.6. The van der Waals surface area contributed by atoms with Crippen molar-refractivity contribution in [3.8, 4) is 0 Å². The maximum Gasteiger partial charge on any atom is 0.326 e. The number of aromatic nitrogens is 2. The van der Waals surface area contributed by atoms with Crippen LogP contribution >= 0.6 is 0 Å². The fourth-order valence-corrected chi connectivity index (χ4v) is 2.84. The van der Waals surface area contributed by atoms with Crippen molar-refractivity contribution in [1.29, 1.82) is 0 Å². The molecule has 1 saturated heterocycles. The molecule has 6 nitrogen and oxygen atoms in total. The Bertz CT molecular complexity index is 680. The topological polar surface area (TPSA) is 86.3 Å². The van der Waals surface area contributed by atoms with Gasteiger partial charge in [-0.25, -0.2) is 9.78 Å². The summed E-state index contributed by atoms with van der Waals surface area (Å²) in [5.74, 6) is -1.14. The zero-order chi connectivity index (χ0) is 14.8. The summed E-state index contributed by atoms with van der Waals surface area (Å²) in [5, 5.41) is 9.36. The first-order valence-corrected chi connectivity index (χ1v) is 7.14. The lowest BCUT2D eigenvalue weighted by Crippen LogP contribution is -2.44. The second-order valence-electron chi connectivity index (χ2n) is 5.34. The van der Waals surface area contributed by atoms with Gasteiger partial charge in [0, 0.05) is 12.1 Å². The van der Waals surface area contributed by atoms with Crippen LogP contribution in [0.5, 0.6) is 0 Å². The molecule has 1 amide bonds. The molecule has 0 aliphatic carbocycles. The summed E-state index contributed by atoms with van der Waals surface area (Å²) in [6.07, 6.45) is 4.76. The van der Waals surface area contributed by atoms with E-state index in [1.54, 1.807) is 24.5 Å². The molecule has 1 aliphatic heterocycles. The average Bonchev–Trinajstić information content (AvgIpc) is 2.80. The van der Waals surface area contributed by atoms with E-state index in [-0.39, 0.29) is 5.91 Å². The van der Waals surface area contributed by atoms with E-state index in [0.29, 0.717) is 18.5 Å². The van der Waals surface area contributed by atoms with E-state index < -0.39 is 12.0 Å². The van der Waals surface area contributed by atoms with Crippen LogP contribution in [0.1, 0.15) is 36.0 Å². The highest BCUT2D eigenvalue weighted by Crippen LogP contribution is 2.21. The Morgan fingerprint density at radius 2 is 2.14 bits per heavy atom. The van der Waals surface area contributed by atoms with Gasteiger partial charge < -0.3 is 15.0 Å². The molecule has 21 heavy (non-hydrogen) atoms. The van der Waals surface area contributed by atoms with E-state index in [1.807, 2.05) is 0 Å². The number of benzene rings is 1. The van der Waals surface area contributed by atoms with Crippen molar-refractivity contribution in [2.75, 3.05) is 6.54 Å². The van der Waals surface area contributed by atoms with Gasteiger partial charge >= 0.3 is 5.97 Å². The molecule has 0 spiro atoms. The van der Waals surface area contributed by atoms with Crippen molar-refractivity contribution in [3.63, 3.8) is 0 Å². The number of likely N-dealkylation sites (tertiary alicyclic amines) is 1. The van der Waals surface area contributed by atoms with E-state index in [2.05, 4.69) is 9.97 Å². The SMILES string of the molecule is O=C(O)C1CCCCCN1C(=O)c1ccc2nc[nH]c2c1. The highest BCUT2D eigenvalue weighted by molar-refractivity contribution is 5.99. The molecule has 2 heterocycles. The highest BCUT2D eigenvalue weighted by Gasteiger charge is 2.31. The zero-order valence-electron chi connectivity index (χ0n) is 11.6. The monoisotopic (exact) mass is 287 g/mol. The van der Waals surface area contributed by atoms with Crippen molar-refractivity contribution in [2.45, 2.75) is 31.7 Å². The standard InChI is InChI=1S/C15H17N3O3/c19-14(10-5-6-11-12(8-10)17-9-16-11)18-7-3-1-2-4-13(18)15(20)21/h5-6,8-9,13H,1-4,7H2,(H,16,17)(H,20,21). The van der Waals surface area contributed by atoms with Crippen LogP contribution in [-0.2, 0) is 4.79 Å². The second-order valence-corrected chi connectivity index (χ2v) is 5.34. The first-order chi connectivity index (χ1) is 10.2. The molecule has 1 aliphatic rings. The van der Waals surface area contributed by atoms with Gasteiger partial charge in [0.15, 0.2) is 0 Å². The third-order valence-corrected chi connectivity index (χ3v) is 3.97. The Balaban J connectivity index is 1.92. The Morgan fingerprint density at radius 1 is 1.29 bits per heavy atom. The first-order valence-electron chi connectivity index (χ1n) is 7.14. The number of H-pyrrole nitrogens is 1. The third-order valence-electron chi connectivity index (χ3n) is 3.97. The predicted octanol–water partition coefficient (Wildman–Crippen LogP) is 2.03. The number of aliphatic carboxylic acids is 1. The van der Waals surface area contributed by atoms with Gasteiger partial charge in [-0.2, -0.15) is 0 Å². The molecule has 110 valence electrons. The molecule has 1 fully saturated rings. The minimum absolute atomic E-state index is 0.221. The number of carboxylic acids is 1. The highest BCUT2D eigenvalue weighted by atomic mass is 16.4. The number of amides is 1. The van der Waals surface area contributed by atoms with Crippen LogP contribution in [0.2, 0.25) is 0 Å². The van der Waals surface area contributed by atoms with Crippen molar-refractivity contribution in [1.82, 2.24) is 14.9 Å². The maximum absolute atomic E-state index is 12.7. The third kappa shape index (κ3) is 2.61. The van der Waals surface area contributed by atoms with Gasteiger partial charge in [-0.1, -0.05) is 12.8 Å². The lowest BCUT2D eigenvalue weighted by molar-refractivity contribution is -0.142. The summed E-state index contributed by atoms with van der Waals surface area (Å²) in [5.41, 5.74) is 2.07. The number of rotatable bonds is 2. The number of carbonyl (C=O) groups excluding carboxylic acids is 1. The predicted molar refractivity (Wildman–Crippen MR) is 77.0 cm³/mol. The summed E-state index contributed by atoms with van der Waals surface area (Å²) in [6, 6.07) is 4.48. The molecule has 1 atom stereocenters. The number of aromatic amines is 1. The molecule has 1 unspecified atom stereocenters. The molecule has 0 radical (unpaired) electrons. The molecular formula is C15H17N3O3. The van der Waals surface area contributed by atoms with Gasteiger partial charge in [0.25, 0.3) is 5.91 Å². The molecule has 1 aromatic carbocycles. The normalized spacial score (nSPS) is 19.4. The number of fused-ring (bicyclic) bond motifs is 1. The van der Waals surface area contributed by atoms with E-state index in [4.69, 9.17) is 0 Å². The van der Waals surface area contributed by atoms with Crippen LogP contribution < -0.4 is 0 Å². The number of carboxylic acid groups (broad SMARTS) is 1. The van der Waals surface area contributed by atoms with Gasteiger partial charge in [-0.15, -0.1) is 0 Å². The summed E-state index contributed by atoms with van der Waals surface area (Å²) < 4.78 is 0. The molecule has 3 rings (SSSR count). The van der Waals surface area contributed by atoms with E-state index in [1.165, 1.54) is 4.90 Å². The molecule has 0 saturated carbocycles. The minimum atomic E-state index is -0.923. The van der Waals surface area contributed by atoms with Crippen molar-refractivity contribution >= 4 is 22.9 Å². The first kappa shape index (κ1) is 13.6. The van der Waals surface area contributed by atoms with Gasteiger partial charge in [-0.3, -0.25) is 4.79 Å². The van der Waals surface area contributed by atoms with Gasteiger partial charge in [-0.05, 0) is 31.0 Å². The van der Waals surface area contributed by atoms with Crippen LogP contribution in [0.25, 0.3) is 11.0 Å². The van der Waals surface area contributed by atoms with Crippen molar-refractivity contribution in [2.24, 2.45) is 0 Å². The van der Waals surface area contributed by atoms with Crippen LogP contribution in [0, 0.1) is 0 Å². The average molecular weight is 287 g/mol.